The molecule has 0 heterocycles. The Morgan fingerprint density at radius 2 is 2.12 bits per heavy atom. The highest BCUT2D eigenvalue weighted by Crippen LogP contribution is 2.44. The molecule has 0 spiro atoms. The molecule has 1 unspecified atom stereocenters. The van der Waals surface area contributed by atoms with Crippen LogP contribution >= 0.6 is 11.8 Å². The van der Waals surface area contributed by atoms with Crippen LogP contribution in [0.5, 0.6) is 0 Å². The predicted octanol–water partition coefficient (Wildman–Crippen LogP) is 1.50. The molecule has 0 aromatic carbocycles. The second-order valence-electron chi connectivity index (χ2n) is 4.54. The first kappa shape index (κ1) is 13.4. The van der Waals surface area contributed by atoms with Crippen molar-refractivity contribution in [2.45, 2.75) is 38.6 Å². The molecule has 0 aliphatic heterocycles. The van der Waals surface area contributed by atoms with Crippen LogP contribution in [0, 0.1) is 5.41 Å². The molecule has 1 aliphatic carbocycles. The largest absolute Gasteiger partial charge is 0.481 e. The van der Waals surface area contributed by atoms with Crippen LogP contribution in [0.1, 0.15) is 32.6 Å². The average Bonchev–Trinajstić information content (AvgIpc) is 2.10. The summed E-state index contributed by atoms with van der Waals surface area (Å²) in [4.78, 5) is 22.7. The molecule has 1 saturated carbocycles. The normalized spacial score (nSPS) is 19.6. The number of rotatable bonds is 6. The van der Waals surface area contributed by atoms with Gasteiger partial charge in [-0.15, -0.1) is 0 Å². The summed E-state index contributed by atoms with van der Waals surface area (Å²) in [7, 11) is 0. The van der Waals surface area contributed by atoms with Gasteiger partial charge in [0.25, 0.3) is 0 Å². The molecular formula is C11H19NO3S. The Balaban J connectivity index is 2.41. The van der Waals surface area contributed by atoms with E-state index in [-0.39, 0.29) is 18.4 Å². The van der Waals surface area contributed by atoms with E-state index in [1.54, 1.807) is 11.8 Å². The van der Waals surface area contributed by atoms with Crippen LogP contribution in [-0.4, -0.2) is 35.0 Å². The Bertz CT molecular complexity index is 276. The van der Waals surface area contributed by atoms with Crippen molar-refractivity contribution < 1.29 is 14.7 Å². The molecule has 0 aromatic rings. The lowest BCUT2D eigenvalue weighted by molar-refractivity contribution is -0.157. The molecule has 1 aliphatic rings. The first-order chi connectivity index (χ1) is 7.50. The number of carbonyl (C=O) groups excluding carboxylic acids is 1. The molecular weight excluding hydrogens is 226 g/mol. The van der Waals surface area contributed by atoms with Crippen molar-refractivity contribution in [1.29, 1.82) is 0 Å². The Labute approximate surface area is 100 Å². The maximum atomic E-state index is 11.7. The van der Waals surface area contributed by atoms with Gasteiger partial charge in [-0.2, -0.15) is 11.8 Å². The van der Waals surface area contributed by atoms with Crippen LogP contribution in [0.25, 0.3) is 0 Å². The number of carboxylic acid groups (broad SMARTS) is 1. The lowest BCUT2D eigenvalue weighted by Gasteiger charge is -2.37. The molecule has 5 heteroatoms. The lowest BCUT2D eigenvalue weighted by atomic mass is 9.66. The fraction of sp³-hybridized carbons (Fsp3) is 0.818. The van der Waals surface area contributed by atoms with Gasteiger partial charge in [0.15, 0.2) is 0 Å². The van der Waals surface area contributed by atoms with Crippen LogP contribution in [0.2, 0.25) is 0 Å². The third kappa shape index (κ3) is 3.14. The predicted molar refractivity (Wildman–Crippen MR) is 64.5 cm³/mol. The number of carboxylic acids is 1. The maximum Gasteiger partial charge on any atom is 0.310 e. The van der Waals surface area contributed by atoms with Gasteiger partial charge in [0.05, 0.1) is 5.41 Å². The molecule has 16 heavy (non-hydrogen) atoms. The zero-order chi connectivity index (χ0) is 12.2. The Kier molecular flexibility index (Phi) is 4.65. The molecule has 1 atom stereocenters. The second kappa shape index (κ2) is 5.57. The Morgan fingerprint density at radius 1 is 1.50 bits per heavy atom. The zero-order valence-electron chi connectivity index (χ0n) is 9.78. The summed E-state index contributed by atoms with van der Waals surface area (Å²) in [5.74, 6) is -0.110. The molecule has 1 amide bonds. The Hall–Kier alpha value is -0.710. The number of amides is 1. The summed E-state index contributed by atoms with van der Waals surface area (Å²) in [6.45, 7) is 1.93. The number of thioether (sulfide) groups is 1. The van der Waals surface area contributed by atoms with E-state index >= 15 is 0 Å². The topological polar surface area (TPSA) is 66.4 Å². The highest BCUT2D eigenvalue weighted by Gasteiger charge is 2.45. The van der Waals surface area contributed by atoms with Crippen molar-refractivity contribution in [1.82, 2.24) is 5.32 Å². The van der Waals surface area contributed by atoms with Gasteiger partial charge >= 0.3 is 5.97 Å². The van der Waals surface area contributed by atoms with Gasteiger partial charge in [0.1, 0.15) is 0 Å². The second-order valence-corrected chi connectivity index (χ2v) is 5.45. The van der Waals surface area contributed by atoms with Crippen molar-refractivity contribution in [2.24, 2.45) is 5.41 Å². The van der Waals surface area contributed by atoms with Crippen LogP contribution < -0.4 is 5.32 Å². The van der Waals surface area contributed by atoms with Gasteiger partial charge in [0, 0.05) is 18.2 Å². The van der Waals surface area contributed by atoms with E-state index in [9.17, 15) is 9.59 Å². The minimum atomic E-state index is -0.827. The van der Waals surface area contributed by atoms with Gasteiger partial charge < -0.3 is 10.4 Å². The first-order valence-electron chi connectivity index (χ1n) is 5.52. The van der Waals surface area contributed by atoms with Gasteiger partial charge in [0.2, 0.25) is 5.91 Å². The van der Waals surface area contributed by atoms with Crippen molar-refractivity contribution in [2.75, 3.05) is 12.0 Å². The van der Waals surface area contributed by atoms with E-state index in [4.69, 9.17) is 5.11 Å². The molecule has 0 bridgehead atoms. The molecule has 0 saturated heterocycles. The summed E-state index contributed by atoms with van der Waals surface area (Å²) in [6, 6.07) is 0.105. The molecule has 4 nitrogen and oxygen atoms in total. The quantitative estimate of drug-likeness (QED) is 0.744. The first-order valence-corrected chi connectivity index (χ1v) is 6.91. The van der Waals surface area contributed by atoms with Crippen LogP contribution in [-0.2, 0) is 9.59 Å². The van der Waals surface area contributed by atoms with E-state index < -0.39 is 11.4 Å². The standard InChI is InChI=1S/C11H19NO3S/c1-8(7-16-2)12-9(13)6-11(10(14)15)4-3-5-11/h8H,3-7H2,1-2H3,(H,12,13)(H,14,15). The summed E-state index contributed by atoms with van der Waals surface area (Å²) >= 11 is 1.66. The number of hydrogen-bond donors (Lipinski definition) is 2. The molecule has 92 valence electrons. The van der Waals surface area contributed by atoms with Crippen molar-refractivity contribution in [3.63, 3.8) is 0 Å². The summed E-state index contributed by atoms with van der Waals surface area (Å²) in [5.41, 5.74) is -0.775. The van der Waals surface area contributed by atoms with Crippen LogP contribution in [0.3, 0.4) is 0 Å². The molecule has 2 N–H and O–H groups in total. The van der Waals surface area contributed by atoms with Gasteiger partial charge in [-0.05, 0) is 26.0 Å². The third-order valence-corrected chi connectivity index (χ3v) is 3.92. The van der Waals surface area contributed by atoms with Gasteiger partial charge in [-0.1, -0.05) is 6.42 Å². The van der Waals surface area contributed by atoms with Crippen molar-refractivity contribution >= 4 is 23.6 Å². The fourth-order valence-electron chi connectivity index (χ4n) is 1.99. The molecule has 1 rings (SSSR count). The maximum absolute atomic E-state index is 11.7. The summed E-state index contributed by atoms with van der Waals surface area (Å²) in [6.07, 6.45) is 4.29. The van der Waals surface area contributed by atoms with E-state index in [0.717, 1.165) is 12.2 Å². The van der Waals surface area contributed by atoms with Gasteiger partial charge in [-0.25, -0.2) is 0 Å². The highest BCUT2D eigenvalue weighted by molar-refractivity contribution is 7.98. The van der Waals surface area contributed by atoms with Crippen molar-refractivity contribution in [3.05, 3.63) is 0 Å². The fourth-order valence-corrected chi connectivity index (χ4v) is 2.58. The van der Waals surface area contributed by atoms with E-state index in [0.29, 0.717) is 12.8 Å². The minimum absolute atomic E-state index is 0.105. The average molecular weight is 245 g/mol. The summed E-state index contributed by atoms with van der Waals surface area (Å²) < 4.78 is 0. The smallest absolute Gasteiger partial charge is 0.310 e. The zero-order valence-corrected chi connectivity index (χ0v) is 10.6. The lowest BCUT2D eigenvalue weighted by Crippen LogP contribution is -2.44. The summed E-state index contributed by atoms with van der Waals surface area (Å²) in [5, 5.41) is 11.9. The van der Waals surface area contributed by atoms with E-state index in [1.807, 2.05) is 13.2 Å². The monoisotopic (exact) mass is 245 g/mol. The minimum Gasteiger partial charge on any atom is -0.481 e. The van der Waals surface area contributed by atoms with Gasteiger partial charge in [-0.3, -0.25) is 9.59 Å². The highest BCUT2D eigenvalue weighted by atomic mass is 32.2. The number of carbonyl (C=O) groups is 2. The Morgan fingerprint density at radius 3 is 2.50 bits per heavy atom. The molecule has 0 radical (unpaired) electrons. The SMILES string of the molecule is CSCC(C)NC(=O)CC1(C(=O)O)CCC1. The number of aliphatic carboxylic acids is 1. The van der Waals surface area contributed by atoms with Crippen molar-refractivity contribution in [3.8, 4) is 0 Å². The van der Waals surface area contributed by atoms with E-state index in [2.05, 4.69) is 5.32 Å². The van der Waals surface area contributed by atoms with Crippen LogP contribution in [0.15, 0.2) is 0 Å². The molecule has 0 aromatic heterocycles. The molecule has 1 fully saturated rings. The van der Waals surface area contributed by atoms with Crippen LogP contribution in [0.4, 0.5) is 0 Å². The number of hydrogen-bond acceptors (Lipinski definition) is 3. The third-order valence-electron chi connectivity index (χ3n) is 3.09. The number of nitrogens with one attached hydrogen (secondary N) is 1. The van der Waals surface area contributed by atoms with E-state index in [1.165, 1.54) is 0 Å².